The first-order valence-corrected chi connectivity index (χ1v) is 7.67. The molecule has 0 aliphatic carbocycles. The van der Waals surface area contributed by atoms with Gasteiger partial charge in [0, 0.05) is 37.1 Å². The summed E-state index contributed by atoms with van der Waals surface area (Å²) in [5.74, 6) is 0.602. The summed E-state index contributed by atoms with van der Waals surface area (Å²) in [6.07, 6.45) is 2.19. The second-order valence-electron chi connectivity index (χ2n) is 6.04. The molecule has 1 aliphatic rings. The third-order valence-corrected chi connectivity index (χ3v) is 4.61. The van der Waals surface area contributed by atoms with Gasteiger partial charge in [-0.3, -0.25) is 4.79 Å². The van der Waals surface area contributed by atoms with Crippen LogP contribution < -0.4 is 5.73 Å². The van der Waals surface area contributed by atoms with Crippen molar-refractivity contribution < 1.29 is 4.79 Å². The van der Waals surface area contributed by atoms with Crippen LogP contribution in [0.4, 0.5) is 0 Å². The smallest absolute Gasteiger partial charge is 0.255 e. The van der Waals surface area contributed by atoms with Gasteiger partial charge in [-0.1, -0.05) is 0 Å². The van der Waals surface area contributed by atoms with Crippen LogP contribution >= 0.6 is 0 Å². The highest BCUT2D eigenvalue weighted by Crippen LogP contribution is 2.23. The standard InChI is InChI=1S/C16H27N3O/c1-5-19-11(2)9-15(13(19)4)16(20)18-8-6-7-14(10-18)12(3)17/h9,12,14H,5-8,10,17H2,1-4H3. The van der Waals surface area contributed by atoms with Crippen molar-refractivity contribution in [1.29, 1.82) is 0 Å². The summed E-state index contributed by atoms with van der Waals surface area (Å²) in [5.41, 5.74) is 9.10. The molecular weight excluding hydrogens is 250 g/mol. The van der Waals surface area contributed by atoms with Crippen molar-refractivity contribution in [1.82, 2.24) is 9.47 Å². The Balaban J connectivity index is 2.19. The fraction of sp³-hybridized carbons (Fsp3) is 0.688. The largest absolute Gasteiger partial charge is 0.349 e. The number of likely N-dealkylation sites (tertiary alicyclic amines) is 1. The quantitative estimate of drug-likeness (QED) is 0.922. The van der Waals surface area contributed by atoms with E-state index >= 15 is 0 Å². The molecule has 4 heteroatoms. The van der Waals surface area contributed by atoms with Crippen molar-refractivity contribution in [2.45, 2.75) is 53.1 Å². The molecule has 0 spiro atoms. The Bertz CT molecular complexity index is 490. The molecule has 0 aromatic carbocycles. The second kappa shape index (κ2) is 6.00. The van der Waals surface area contributed by atoms with E-state index in [9.17, 15) is 4.79 Å². The molecule has 4 nitrogen and oxygen atoms in total. The Labute approximate surface area is 121 Å². The average Bonchev–Trinajstić information content (AvgIpc) is 2.72. The van der Waals surface area contributed by atoms with Crippen LogP contribution in [-0.4, -0.2) is 34.5 Å². The number of piperidine rings is 1. The van der Waals surface area contributed by atoms with Gasteiger partial charge < -0.3 is 15.2 Å². The highest BCUT2D eigenvalue weighted by Gasteiger charge is 2.28. The molecule has 0 saturated carbocycles. The number of carbonyl (C=O) groups excluding carboxylic acids is 1. The molecule has 112 valence electrons. The SMILES string of the molecule is CCn1c(C)cc(C(=O)N2CCCC(C(C)N)C2)c1C. The van der Waals surface area contributed by atoms with Crippen LogP contribution in [-0.2, 0) is 6.54 Å². The molecule has 1 aromatic rings. The summed E-state index contributed by atoms with van der Waals surface area (Å²) in [7, 11) is 0. The van der Waals surface area contributed by atoms with Crippen LogP contribution in [0.3, 0.4) is 0 Å². The van der Waals surface area contributed by atoms with Gasteiger partial charge in [0.05, 0.1) is 5.56 Å². The summed E-state index contributed by atoms with van der Waals surface area (Å²) in [4.78, 5) is 14.7. The maximum atomic E-state index is 12.7. The summed E-state index contributed by atoms with van der Waals surface area (Å²) in [6.45, 7) is 10.8. The first-order chi connectivity index (χ1) is 9.45. The molecule has 2 rings (SSSR count). The van der Waals surface area contributed by atoms with Gasteiger partial charge in [-0.05, 0) is 52.5 Å². The van der Waals surface area contributed by atoms with Gasteiger partial charge in [0.25, 0.3) is 5.91 Å². The van der Waals surface area contributed by atoms with Gasteiger partial charge in [0.2, 0.25) is 0 Å². The van der Waals surface area contributed by atoms with Gasteiger partial charge in [0.15, 0.2) is 0 Å². The van der Waals surface area contributed by atoms with Crippen molar-refractivity contribution in [2.75, 3.05) is 13.1 Å². The summed E-state index contributed by atoms with van der Waals surface area (Å²) in [6, 6.07) is 2.19. The Hall–Kier alpha value is -1.29. The maximum absolute atomic E-state index is 12.7. The predicted octanol–water partition coefficient (Wildman–Crippen LogP) is 2.32. The van der Waals surface area contributed by atoms with Crippen LogP contribution in [0, 0.1) is 19.8 Å². The monoisotopic (exact) mass is 277 g/mol. The van der Waals surface area contributed by atoms with E-state index < -0.39 is 0 Å². The average molecular weight is 277 g/mol. The molecule has 2 atom stereocenters. The van der Waals surface area contributed by atoms with Crippen LogP contribution in [0.2, 0.25) is 0 Å². The van der Waals surface area contributed by atoms with Crippen LogP contribution in [0.5, 0.6) is 0 Å². The summed E-state index contributed by atoms with van der Waals surface area (Å²) in [5, 5.41) is 0. The van der Waals surface area contributed by atoms with E-state index in [1.165, 1.54) is 0 Å². The van der Waals surface area contributed by atoms with E-state index in [0.717, 1.165) is 49.4 Å². The van der Waals surface area contributed by atoms with Crippen LogP contribution in [0.25, 0.3) is 0 Å². The van der Waals surface area contributed by atoms with Crippen LogP contribution in [0.15, 0.2) is 6.07 Å². The minimum Gasteiger partial charge on any atom is -0.349 e. The third-order valence-electron chi connectivity index (χ3n) is 4.61. The molecule has 1 aromatic heterocycles. The fourth-order valence-corrected chi connectivity index (χ4v) is 3.30. The van der Waals surface area contributed by atoms with E-state index in [-0.39, 0.29) is 11.9 Å². The van der Waals surface area contributed by atoms with E-state index in [0.29, 0.717) is 5.92 Å². The lowest BCUT2D eigenvalue weighted by atomic mass is 9.92. The van der Waals surface area contributed by atoms with Gasteiger partial charge >= 0.3 is 0 Å². The lowest BCUT2D eigenvalue weighted by molar-refractivity contribution is 0.0660. The normalized spacial score (nSPS) is 21.1. The van der Waals surface area contributed by atoms with Crippen LogP contribution in [0.1, 0.15) is 48.4 Å². The van der Waals surface area contributed by atoms with E-state index in [2.05, 4.69) is 18.4 Å². The Kier molecular flexibility index (Phi) is 4.53. The lowest BCUT2D eigenvalue weighted by Gasteiger charge is -2.34. The molecule has 20 heavy (non-hydrogen) atoms. The Morgan fingerprint density at radius 3 is 2.75 bits per heavy atom. The van der Waals surface area contributed by atoms with Gasteiger partial charge in [0.1, 0.15) is 0 Å². The molecule has 0 bridgehead atoms. The number of aromatic nitrogens is 1. The summed E-state index contributed by atoms with van der Waals surface area (Å²) < 4.78 is 2.19. The molecule has 1 fully saturated rings. The molecule has 1 saturated heterocycles. The topological polar surface area (TPSA) is 51.3 Å². The third kappa shape index (κ3) is 2.75. The van der Waals surface area contributed by atoms with E-state index in [4.69, 9.17) is 5.73 Å². The number of hydrogen-bond donors (Lipinski definition) is 1. The van der Waals surface area contributed by atoms with Crippen molar-refractivity contribution in [2.24, 2.45) is 11.7 Å². The number of amides is 1. The molecule has 1 aliphatic heterocycles. The first-order valence-electron chi connectivity index (χ1n) is 7.67. The van der Waals surface area contributed by atoms with Crippen molar-refractivity contribution in [3.05, 3.63) is 23.0 Å². The number of nitrogens with two attached hydrogens (primary N) is 1. The van der Waals surface area contributed by atoms with Crippen molar-refractivity contribution in [3.63, 3.8) is 0 Å². The molecule has 2 N–H and O–H groups in total. The number of rotatable bonds is 3. The Morgan fingerprint density at radius 2 is 2.20 bits per heavy atom. The minimum atomic E-state index is 0.161. The number of carbonyl (C=O) groups is 1. The van der Waals surface area contributed by atoms with E-state index in [1.807, 2.05) is 24.8 Å². The first kappa shape index (κ1) is 15.1. The Morgan fingerprint density at radius 1 is 1.50 bits per heavy atom. The molecule has 2 heterocycles. The molecular formula is C16H27N3O. The van der Waals surface area contributed by atoms with Crippen molar-refractivity contribution in [3.8, 4) is 0 Å². The number of hydrogen-bond acceptors (Lipinski definition) is 2. The molecule has 0 radical (unpaired) electrons. The predicted molar refractivity (Wildman–Crippen MR) is 81.9 cm³/mol. The number of aryl methyl sites for hydroxylation is 1. The molecule has 1 amide bonds. The molecule has 2 unspecified atom stereocenters. The van der Waals surface area contributed by atoms with Gasteiger partial charge in [-0.25, -0.2) is 0 Å². The van der Waals surface area contributed by atoms with E-state index in [1.54, 1.807) is 0 Å². The zero-order valence-electron chi connectivity index (χ0n) is 13.1. The van der Waals surface area contributed by atoms with Crippen molar-refractivity contribution >= 4 is 5.91 Å². The lowest BCUT2D eigenvalue weighted by Crippen LogP contribution is -2.45. The maximum Gasteiger partial charge on any atom is 0.255 e. The minimum absolute atomic E-state index is 0.161. The highest BCUT2D eigenvalue weighted by molar-refractivity contribution is 5.95. The number of nitrogens with zero attached hydrogens (tertiary/aromatic N) is 2. The highest BCUT2D eigenvalue weighted by atomic mass is 16.2. The summed E-state index contributed by atoms with van der Waals surface area (Å²) >= 11 is 0. The zero-order chi connectivity index (χ0) is 14.9. The fourth-order valence-electron chi connectivity index (χ4n) is 3.30. The van der Waals surface area contributed by atoms with Gasteiger partial charge in [-0.15, -0.1) is 0 Å². The second-order valence-corrected chi connectivity index (χ2v) is 6.04. The van der Waals surface area contributed by atoms with Gasteiger partial charge in [-0.2, -0.15) is 0 Å². The zero-order valence-corrected chi connectivity index (χ0v) is 13.1.